The second-order valence-electron chi connectivity index (χ2n) is 7.33. The molecule has 0 aliphatic carbocycles. The lowest BCUT2D eigenvalue weighted by atomic mass is 10.2. The number of hydrogen-bond donors (Lipinski definition) is 1. The van der Waals surface area contributed by atoms with E-state index in [4.69, 9.17) is 0 Å². The Kier molecular flexibility index (Phi) is 5.66. The van der Waals surface area contributed by atoms with Gasteiger partial charge in [-0.15, -0.1) is 18.3 Å². The molecule has 12 heteroatoms. The van der Waals surface area contributed by atoms with Crippen LogP contribution in [-0.2, 0) is 17.9 Å². The van der Waals surface area contributed by atoms with Gasteiger partial charge in [0.05, 0.1) is 0 Å². The highest BCUT2D eigenvalue weighted by Crippen LogP contribution is 2.26. The fourth-order valence-electron chi connectivity index (χ4n) is 3.38. The van der Waals surface area contributed by atoms with Crippen molar-refractivity contribution < 1.29 is 22.7 Å². The highest BCUT2D eigenvalue weighted by Gasteiger charge is 2.31. The van der Waals surface area contributed by atoms with E-state index in [1.165, 1.54) is 16.7 Å². The Hall–Kier alpha value is -4.09. The van der Waals surface area contributed by atoms with E-state index in [9.17, 15) is 27.6 Å². The maximum Gasteiger partial charge on any atom is 0.573 e. The van der Waals surface area contributed by atoms with Crippen LogP contribution in [0.4, 0.5) is 30.5 Å². The van der Waals surface area contributed by atoms with E-state index in [-0.39, 0.29) is 18.2 Å². The van der Waals surface area contributed by atoms with Crippen LogP contribution in [0, 0.1) is 6.92 Å². The Morgan fingerprint density at radius 3 is 2.33 bits per heavy atom. The van der Waals surface area contributed by atoms with Gasteiger partial charge in [0.25, 0.3) is 0 Å². The molecule has 9 nitrogen and oxygen atoms in total. The molecule has 0 unspecified atom stereocenters. The van der Waals surface area contributed by atoms with Crippen molar-refractivity contribution in [3.05, 3.63) is 74.8 Å². The van der Waals surface area contributed by atoms with Gasteiger partial charge in [-0.25, -0.2) is 4.68 Å². The summed E-state index contributed by atoms with van der Waals surface area (Å²) in [6, 6.07) is 12.0. The Balaban J connectivity index is 1.53. The fraction of sp³-hybridized carbons (Fsp3) is 0.238. The second-order valence-corrected chi connectivity index (χ2v) is 7.33. The summed E-state index contributed by atoms with van der Waals surface area (Å²) in [4.78, 5) is 39.1. The molecule has 2 heterocycles. The number of amides is 1. The number of halogens is 3. The first-order valence-electron chi connectivity index (χ1n) is 9.82. The zero-order chi connectivity index (χ0) is 23.8. The summed E-state index contributed by atoms with van der Waals surface area (Å²) in [5, 5.41) is 6.66. The third-order valence-corrected chi connectivity index (χ3v) is 4.91. The summed E-state index contributed by atoms with van der Waals surface area (Å²) < 4.78 is 42.6. The minimum Gasteiger partial charge on any atom is -0.406 e. The van der Waals surface area contributed by atoms with Gasteiger partial charge in [-0.2, -0.15) is 0 Å². The summed E-state index contributed by atoms with van der Waals surface area (Å²) in [6.07, 6.45) is -4.83. The first-order chi connectivity index (χ1) is 15.6. The molecule has 0 spiro atoms. The Labute approximate surface area is 184 Å². The number of carbonyl (C=O) groups is 1. The molecule has 1 amide bonds. The van der Waals surface area contributed by atoms with Crippen LogP contribution in [0.5, 0.6) is 5.75 Å². The van der Waals surface area contributed by atoms with Crippen molar-refractivity contribution >= 4 is 23.2 Å². The smallest absolute Gasteiger partial charge is 0.406 e. The highest BCUT2D eigenvalue weighted by atomic mass is 19.4. The summed E-state index contributed by atoms with van der Waals surface area (Å²) in [7, 11) is 0. The molecule has 0 saturated carbocycles. The molecule has 0 atom stereocenters. The number of nitrogens with one attached hydrogen (secondary N) is 1. The molecule has 1 aliphatic rings. The zero-order valence-corrected chi connectivity index (χ0v) is 17.3. The van der Waals surface area contributed by atoms with E-state index in [0.29, 0.717) is 6.54 Å². The van der Waals surface area contributed by atoms with Crippen LogP contribution >= 0.6 is 0 Å². The van der Waals surface area contributed by atoms with Gasteiger partial charge in [0, 0.05) is 24.5 Å². The standard InChI is InChI=1S/C21H18F3N5O4/c1-13-2-6-15(7-3-13)27-10-11-28-18(31)19(32)29(26-20(27)28)12-17(30)25-14-4-8-16(9-5-14)33-21(22,23)24/h2-9H,10-12H2,1H3,(H,25,30). The maximum absolute atomic E-state index is 12.5. The van der Waals surface area contributed by atoms with Crippen LogP contribution < -0.4 is 26.1 Å². The van der Waals surface area contributed by atoms with Crippen molar-refractivity contribution in [2.45, 2.75) is 26.4 Å². The molecule has 0 saturated heterocycles. The molecule has 0 bridgehead atoms. The number of ether oxygens (including phenoxy) is 1. The van der Waals surface area contributed by atoms with Gasteiger partial charge in [-0.3, -0.25) is 19.0 Å². The summed E-state index contributed by atoms with van der Waals surface area (Å²) in [6.45, 7) is 2.11. The molecule has 3 aromatic rings. The predicted octanol–water partition coefficient (Wildman–Crippen LogP) is 2.40. The van der Waals surface area contributed by atoms with E-state index < -0.39 is 35.7 Å². The summed E-state index contributed by atoms with van der Waals surface area (Å²) >= 11 is 0. The third-order valence-electron chi connectivity index (χ3n) is 4.91. The largest absolute Gasteiger partial charge is 0.573 e. The van der Waals surface area contributed by atoms with Crippen LogP contribution in [-0.4, -0.2) is 33.2 Å². The quantitative estimate of drug-likeness (QED) is 0.586. The molecule has 2 aromatic carbocycles. The highest BCUT2D eigenvalue weighted by molar-refractivity contribution is 5.90. The Morgan fingerprint density at radius 1 is 1.03 bits per heavy atom. The number of anilines is 3. The van der Waals surface area contributed by atoms with Crippen LogP contribution in [0.25, 0.3) is 0 Å². The van der Waals surface area contributed by atoms with Crippen molar-refractivity contribution in [3.8, 4) is 5.75 Å². The molecule has 0 radical (unpaired) electrons. The van der Waals surface area contributed by atoms with Crippen LogP contribution in [0.15, 0.2) is 58.1 Å². The molecule has 1 aliphatic heterocycles. The maximum atomic E-state index is 12.5. The Bertz CT molecular complexity index is 1300. The minimum absolute atomic E-state index is 0.182. The molecule has 33 heavy (non-hydrogen) atoms. The number of alkyl halides is 3. The van der Waals surface area contributed by atoms with Crippen molar-refractivity contribution in [1.29, 1.82) is 0 Å². The van der Waals surface area contributed by atoms with Crippen molar-refractivity contribution in [2.24, 2.45) is 0 Å². The fourth-order valence-corrected chi connectivity index (χ4v) is 3.38. The number of aromatic nitrogens is 3. The van der Waals surface area contributed by atoms with E-state index in [1.54, 1.807) is 4.90 Å². The van der Waals surface area contributed by atoms with Gasteiger partial charge >= 0.3 is 17.5 Å². The molecular weight excluding hydrogens is 443 g/mol. The van der Waals surface area contributed by atoms with E-state index in [0.717, 1.165) is 28.1 Å². The minimum atomic E-state index is -4.83. The van der Waals surface area contributed by atoms with Gasteiger partial charge in [0.2, 0.25) is 11.9 Å². The molecule has 0 fully saturated rings. The van der Waals surface area contributed by atoms with Gasteiger partial charge < -0.3 is 15.0 Å². The molecule has 172 valence electrons. The number of nitrogens with zero attached hydrogens (tertiary/aromatic N) is 4. The van der Waals surface area contributed by atoms with Crippen molar-refractivity contribution in [1.82, 2.24) is 14.3 Å². The predicted molar refractivity (Wildman–Crippen MR) is 113 cm³/mol. The van der Waals surface area contributed by atoms with Crippen LogP contribution in [0.2, 0.25) is 0 Å². The van der Waals surface area contributed by atoms with Gasteiger partial charge in [-0.1, -0.05) is 17.7 Å². The summed E-state index contributed by atoms with van der Waals surface area (Å²) in [5.74, 6) is -0.885. The van der Waals surface area contributed by atoms with Crippen LogP contribution in [0.1, 0.15) is 5.56 Å². The topological polar surface area (TPSA) is 98.5 Å². The number of rotatable bonds is 5. The normalized spacial score (nSPS) is 13.0. The summed E-state index contributed by atoms with van der Waals surface area (Å²) in [5.41, 5.74) is 0.281. The van der Waals surface area contributed by atoms with E-state index >= 15 is 0 Å². The first-order valence-corrected chi connectivity index (χ1v) is 9.82. The monoisotopic (exact) mass is 461 g/mol. The number of fused-ring (bicyclic) bond motifs is 1. The van der Waals surface area contributed by atoms with E-state index in [2.05, 4.69) is 15.2 Å². The number of hydrogen-bond acceptors (Lipinski definition) is 6. The van der Waals surface area contributed by atoms with Crippen LogP contribution in [0.3, 0.4) is 0 Å². The van der Waals surface area contributed by atoms with Crippen molar-refractivity contribution in [3.63, 3.8) is 0 Å². The van der Waals surface area contributed by atoms with Gasteiger partial charge in [-0.05, 0) is 43.3 Å². The van der Waals surface area contributed by atoms with Crippen molar-refractivity contribution in [2.75, 3.05) is 16.8 Å². The van der Waals surface area contributed by atoms with Gasteiger partial charge in [0.15, 0.2) is 0 Å². The number of aryl methyl sites for hydroxylation is 1. The number of benzene rings is 2. The zero-order valence-electron chi connectivity index (χ0n) is 17.3. The lowest BCUT2D eigenvalue weighted by Crippen LogP contribution is -2.44. The lowest BCUT2D eigenvalue weighted by Gasteiger charge is -2.18. The number of carbonyl (C=O) groups excluding carboxylic acids is 1. The molecule has 1 aromatic heterocycles. The second kappa shape index (κ2) is 8.45. The first kappa shape index (κ1) is 22.1. The average Bonchev–Trinajstić information content (AvgIpc) is 3.16. The molecule has 4 rings (SSSR count). The third kappa shape index (κ3) is 4.89. The average molecular weight is 461 g/mol. The molecule has 1 N–H and O–H groups in total. The SMILES string of the molecule is Cc1ccc(N2CCn3c2nn(CC(=O)Nc2ccc(OC(F)(F)F)cc2)c(=O)c3=O)cc1. The lowest BCUT2D eigenvalue weighted by molar-refractivity contribution is -0.274. The molecular formula is C21H18F3N5O4. The van der Waals surface area contributed by atoms with Gasteiger partial charge in [0.1, 0.15) is 12.3 Å². The Morgan fingerprint density at radius 2 is 1.70 bits per heavy atom. The van der Waals surface area contributed by atoms with E-state index in [1.807, 2.05) is 31.2 Å².